The number of benzene rings is 1. The van der Waals surface area contributed by atoms with Crippen LogP contribution in [-0.4, -0.2) is 6.18 Å². The Morgan fingerprint density at radius 2 is 1.83 bits per heavy atom. The lowest BCUT2D eigenvalue weighted by atomic mass is 10.0. The number of allylic oxidation sites excluding steroid dienone is 2. The van der Waals surface area contributed by atoms with Crippen molar-refractivity contribution < 1.29 is 13.2 Å². The molecule has 0 atom stereocenters. The van der Waals surface area contributed by atoms with Gasteiger partial charge in [-0.1, -0.05) is 36.4 Å². The van der Waals surface area contributed by atoms with E-state index < -0.39 is 11.7 Å². The van der Waals surface area contributed by atoms with Gasteiger partial charge in [-0.15, -0.1) is 12.3 Å². The van der Waals surface area contributed by atoms with Crippen molar-refractivity contribution >= 4 is 5.57 Å². The Kier molecular flexibility index (Phi) is 5.51. The summed E-state index contributed by atoms with van der Waals surface area (Å²) in [5, 5.41) is 0. The zero-order valence-electron chi connectivity index (χ0n) is 10.0. The van der Waals surface area contributed by atoms with Crippen molar-refractivity contribution in [3.8, 4) is 12.3 Å². The van der Waals surface area contributed by atoms with Crippen molar-refractivity contribution in [3.05, 3.63) is 42.0 Å². The van der Waals surface area contributed by atoms with E-state index in [-0.39, 0.29) is 5.56 Å². The molecule has 18 heavy (non-hydrogen) atoms. The van der Waals surface area contributed by atoms with E-state index >= 15 is 0 Å². The molecule has 1 aromatic carbocycles. The lowest BCUT2D eigenvalue weighted by molar-refractivity contribution is -0.0690. The van der Waals surface area contributed by atoms with Crippen LogP contribution < -0.4 is 0 Å². The predicted molar refractivity (Wildman–Crippen MR) is 67.8 cm³/mol. The first-order chi connectivity index (χ1) is 8.55. The predicted octanol–water partition coefficient (Wildman–Crippen LogP) is 4.83. The van der Waals surface area contributed by atoms with E-state index in [4.69, 9.17) is 6.42 Å². The molecule has 0 unspecified atom stereocenters. The molecule has 0 amide bonds. The van der Waals surface area contributed by atoms with E-state index in [1.807, 2.05) is 0 Å². The number of rotatable bonds is 5. The molecule has 1 rings (SSSR count). The number of halogens is 3. The average Bonchev–Trinajstić information content (AvgIpc) is 2.33. The summed E-state index contributed by atoms with van der Waals surface area (Å²) >= 11 is 0. The molecule has 0 saturated heterocycles. The largest absolute Gasteiger partial charge is 0.416 e. The van der Waals surface area contributed by atoms with E-state index in [0.29, 0.717) is 19.3 Å². The van der Waals surface area contributed by atoms with E-state index in [1.165, 1.54) is 18.2 Å². The van der Waals surface area contributed by atoms with Gasteiger partial charge in [0.25, 0.3) is 0 Å². The summed E-state index contributed by atoms with van der Waals surface area (Å²) in [6, 6.07) is 7.85. The van der Waals surface area contributed by atoms with Gasteiger partial charge < -0.3 is 0 Å². The molecule has 3 heteroatoms. The van der Waals surface area contributed by atoms with Crippen LogP contribution in [0.25, 0.3) is 5.57 Å². The molecular formula is C15H15F3. The minimum Gasteiger partial charge on any atom is -0.166 e. The Hall–Kier alpha value is -1.69. The van der Waals surface area contributed by atoms with E-state index in [1.54, 1.807) is 18.2 Å². The quantitative estimate of drug-likeness (QED) is 0.520. The van der Waals surface area contributed by atoms with Crippen LogP contribution in [0.4, 0.5) is 13.2 Å². The van der Waals surface area contributed by atoms with Gasteiger partial charge in [0.05, 0.1) is 5.57 Å². The molecule has 0 bridgehead atoms. The summed E-state index contributed by atoms with van der Waals surface area (Å²) < 4.78 is 38.6. The van der Waals surface area contributed by atoms with Gasteiger partial charge in [-0.2, -0.15) is 13.2 Å². The first-order valence-corrected chi connectivity index (χ1v) is 5.82. The third kappa shape index (κ3) is 4.67. The van der Waals surface area contributed by atoms with Crippen molar-refractivity contribution in [2.45, 2.75) is 31.9 Å². The van der Waals surface area contributed by atoms with Crippen LogP contribution in [0.2, 0.25) is 0 Å². The zero-order valence-corrected chi connectivity index (χ0v) is 10.0. The van der Waals surface area contributed by atoms with Crippen LogP contribution in [0.3, 0.4) is 0 Å². The summed E-state index contributed by atoms with van der Waals surface area (Å²) in [7, 11) is 0. The highest BCUT2D eigenvalue weighted by molar-refractivity contribution is 5.69. The Bertz CT molecular complexity index is 421. The number of hydrogen-bond acceptors (Lipinski definition) is 0. The van der Waals surface area contributed by atoms with Crippen LogP contribution in [-0.2, 0) is 0 Å². The number of terminal acetylenes is 1. The Morgan fingerprint density at radius 3 is 2.39 bits per heavy atom. The van der Waals surface area contributed by atoms with Gasteiger partial charge in [-0.3, -0.25) is 0 Å². The van der Waals surface area contributed by atoms with Gasteiger partial charge in [0.1, 0.15) is 0 Å². The first-order valence-electron chi connectivity index (χ1n) is 5.82. The van der Waals surface area contributed by atoms with Gasteiger partial charge in [-0.25, -0.2) is 0 Å². The second kappa shape index (κ2) is 6.90. The molecule has 0 nitrogen and oxygen atoms in total. The Labute approximate surface area is 106 Å². The standard InChI is InChI=1S/C15H15F3/c1-2-3-4-5-9-12-14(15(16,17)18)13-10-7-6-8-11-13/h1,6-8,10-12H,3-5,9H2. The maximum atomic E-state index is 12.9. The highest BCUT2D eigenvalue weighted by atomic mass is 19.4. The van der Waals surface area contributed by atoms with Crippen LogP contribution in [0.1, 0.15) is 31.2 Å². The average molecular weight is 252 g/mol. The SMILES string of the molecule is C#CCCCCC=C(c1ccccc1)C(F)(F)F. The number of unbranched alkanes of at least 4 members (excludes halogenated alkanes) is 3. The lowest BCUT2D eigenvalue weighted by Crippen LogP contribution is -2.10. The summed E-state index contributed by atoms with van der Waals surface area (Å²) in [6.45, 7) is 0. The van der Waals surface area contributed by atoms with Crippen molar-refractivity contribution in [1.82, 2.24) is 0 Å². The molecule has 0 saturated carbocycles. The van der Waals surface area contributed by atoms with E-state index in [9.17, 15) is 13.2 Å². The summed E-state index contributed by atoms with van der Waals surface area (Å²) in [6.07, 6.45) is 4.47. The molecule has 0 fully saturated rings. The van der Waals surface area contributed by atoms with Crippen molar-refractivity contribution in [2.75, 3.05) is 0 Å². The fourth-order valence-electron chi connectivity index (χ4n) is 1.63. The summed E-state index contributed by atoms with van der Waals surface area (Å²) in [4.78, 5) is 0. The van der Waals surface area contributed by atoms with E-state index in [0.717, 1.165) is 6.42 Å². The van der Waals surface area contributed by atoms with Crippen LogP contribution in [0, 0.1) is 12.3 Å². The molecule has 0 aromatic heterocycles. The molecule has 0 aliphatic heterocycles. The minimum atomic E-state index is -4.31. The van der Waals surface area contributed by atoms with Crippen molar-refractivity contribution in [1.29, 1.82) is 0 Å². The third-order valence-corrected chi connectivity index (χ3v) is 2.51. The van der Waals surface area contributed by atoms with Gasteiger partial charge in [-0.05, 0) is 24.8 Å². The number of hydrogen-bond donors (Lipinski definition) is 0. The molecule has 96 valence electrons. The highest BCUT2D eigenvalue weighted by Crippen LogP contribution is 2.34. The Morgan fingerprint density at radius 1 is 1.17 bits per heavy atom. The number of alkyl halides is 3. The molecule has 0 N–H and O–H groups in total. The fourth-order valence-corrected chi connectivity index (χ4v) is 1.63. The minimum absolute atomic E-state index is 0.210. The topological polar surface area (TPSA) is 0 Å². The molecule has 0 aliphatic carbocycles. The van der Waals surface area contributed by atoms with Crippen LogP contribution in [0.5, 0.6) is 0 Å². The third-order valence-electron chi connectivity index (χ3n) is 2.51. The van der Waals surface area contributed by atoms with Crippen molar-refractivity contribution in [3.63, 3.8) is 0 Å². The van der Waals surface area contributed by atoms with E-state index in [2.05, 4.69) is 5.92 Å². The molecule has 0 spiro atoms. The zero-order chi connectivity index (χ0) is 13.4. The second-order valence-corrected chi connectivity index (χ2v) is 3.93. The molecular weight excluding hydrogens is 237 g/mol. The summed E-state index contributed by atoms with van der Waals surface area (Å²) in [5.74, 6) is 2.47. The molecule has 0 heterocycles. The van der Waals surface area contributed by atoms with Gasteiger partial charge in [0.2, 0.25) is 0 Å². The molecule has 0 aliphatic rings. The van der Waals surface area contributed by atoms with Gasteiger partial charge in [0, 0.05) is 6.42 Å². The van der Waals surface area contributed by atoms with Gasteiger partial charge in [0.15, 0.2) is 0 Å². The van der Waals surface area contributed by atoms with Gasteiger partial charge >= 0.3 is 6.18 Å². The monoisotopic (exact) mass is 252 g/mol. The van der Waals surface area contributed by atoms with Crippen LogP contribution in [0.15, 0.2) is 36.4 Å². The normalized spacial score (nSPS) is 12.2. The fraction of sp³-hybridized carbons (Fsp3) is 0.333. The maximum absolute atomic E-state index is 12.9. The molecule has 1 aromatic rings. The molecule has 0 radical (unpaired) electrons. The highest BCUT2D eigenvalue weighted by Gasteiger charge is 2.33. The smallest absolute Gasteiger partial charge is 0.166 e. The lowest BCUT2D eigenvalue weighted by Gasteiger charge is -2.12. The summed E-state index contributed by atoms with van der Waals surface area (Å²) in [5.41, 5.74) is -0.356. The first kappa shape index (κ1) is 14.4. The second-order valence-electron chi connectivity index (χ2n) is 3.93. The van der Waals surface area contributed by atoms with Crippen molar-refractivity contribution in [2.24, 2.45) is 0 Å². The van der Waals surface area contributed by atoms with Crippen LogP contribution >= 0.6 is 0 Å². The Balaban J connectivity index is 2.75. The maximum Gasteiger partial charge on any atom is 0.416 e.